The van der Waals surface area contributed by atoms with Gasteiger partial charge < -0.3 is 0 Å². The molecule has 0 nitrogen and oxygen atoms in total. The summed E-state index contributed by atoms with van der Waals surface area (Å²) in [6.07, 6.45) is 2.09. The third-order valence-corrected chi connectivity index (χ3v) is 4.95. The van der Waals surface area contributed by atoms with Gasteiger partial charge >= 0.3 is 0 Å². The Kier molecular flexibility index (Phi) is 3.41. The number of allylic oxidation sites excluding steroid dienone is 1. The van der Waals surface area contributed by atoms with Gasteiger partial charge in [0.1, 0.15) is 0 Å². The molecule has 48 valence electrons. The van der Waals surface area contributed by atoms with Crippen molar-refractivity contribution in [3.8, 4) is 0 Å². The maximum Gasteiger partial charge on any atom is 0.0867 e. The lowest BCUT2D eigenvalue weighted by atomic mass is 10.8. The van der Waals surface area contributed by atoms with Crippen LogP contribution in [0.4, 0.5) is 0 Å². The van der Waals surface area contributed by atoms with Gasteiger partial charge in [0.25, 0.3) is 0 Å². The fourth-order valence-electron chi connectivity index (χ4n) is 0.496. The Hall–Kier alpha value is 0.247. The summed E-state index contributed by atoms with van der Waals surface area (Å²) in [6, 6.07) is 0. The van der Waals surface area contributed by atoms with E-state index in [4.69, 9.17) is 11.6 Å². The summed E-state index contributed by atoms with van der Waals surface area (Å²) in [5, 5.41) is 0. The summed E-state index contributed by atoms with van der Waals surface area (Å²) in [6.45, 7) is 6.54. The minimum Gasteiger partial charge on any atom is -0.130 e. The van der Waals surface area contributed by atoms with E-state index in [0.717, 1.165) is 5.50 Å². The first-order chi connectivity index (χ1) is 3.62. The summed E-state index contributed by atoms with van der Waals surface area (Å²) in [5.74, 6) is 0. The molecule has 0 aromatic heterocycles. The lowest BCUT2D eigenvalue weighted by Crippen LogP contribution is -2.24. The lowest BCUT2D eigenvalue weighted by molar-refractivity contribution is 1.67. The Morgan fingerprint density at radius 2 is 2.00 bits per heavy atom. The molecule has 0 N–H and O–H groups in total. The molecule has 0 aromatic carbocycles. The second kappa shape index (κ2) is 3.31. The second-order valence-electron chi connectivity index (χ2n) is 2.62. The fraction of sp³-hybridized carbons (Fsp3) is 0.667. The lowest BCUT2D eigenvalue weighted by Gasteiger charge is -2.10. The van der Waals surface area contributed by atoms with Crippen LogP contribution in [0.2, 0.25) is 13.1 Å². The molecular formula is C6H13ClSi. The molecule has 0 spiro atoms. The third-order valence-electron chi connectivity index (χ3n) is 0.962. The average molecular weight is 149 g/mol. The minimum absolute atomic E-state index is 0.831. The first-order valence-corrected chi connectivity index (χ1v) is 6.64. The van der Waals surface area contributed by atoms with E-state index in [2.05, 4.69) is 24.9 Å². The predicted molar refractivity (Wildman–Crippen MR) is 43.0 cm³/mol. The highest BCUT2D eigenvalue weighted by molar-refractivity contribution is 6.87. The van der Waals surface area contributed by atoms with Crippen molar-refractivity contribution >= 4 is 19.7 Å². The van der Waals surface area contributed by atoms with Crippen LogP contribution in [0, 0.1) is 0 Å². The summed E-state index contributed by atoms with van der Waals surface area (Å²) >= 11 is 5.68. The topological polar surface area (TPSA) is 0 Å². The maximum atomic E-state index is 5.68. The number of rotatable bonds is 2. The van der Waals surface area contributed by atoms with E-state index in [1.54, 1.807) is 0 Å². The van der Waals surface area contributed by atoms with E-state index in [1.807, 2.05) is 6.92 Å². The van der Waals surface area contributed by atoms with Gasteiger partial charge in [-0.25, -0.2) is 0 Å². The molecular weight excluding hydrogens is 136 g/mol. The first kappa shape index (κ1) is 8.25. The smallest absolute Gasteiger partial charge is 0.0867 e. The van der Waals surface area contributed by atoms with E-state index in [0.29, 0.717) is 0 Å². The number of alkyl halides is 1. The Balaban J connectivity index is 3.71. The molecule has 0 radical (unpaired) electrons. The van der Waals surface area contributed by atoms with Crippen LogP contribution in [0.3, 0.4) is 0 Å². The van der Waals surface area contributed by atoms with Crippen LogP contribution in [0.25, 0.3) is 0 Å². The van der Waals surface area contributed by atoms with Crippen LogP contribution in [-0.2, 0) is 0 Å². The monoisotopic (exact) mass is 148 g/mol. The zero-order valence-electron chi connectivity index (χ0n) is 5.74. The Bertz CT molecular complexity index is 86.5. The Labute approximate surface area is 57.6 Å². The maximum absolute atomic E-state index is 5.68. The van der Waals surface area contributed by atoms with Gasteiger partial charge in [0.2, 0.25) is 0 Å². The third kappa shape index (κ3) is 3.27. The second-order valence-corrected chi connectivity index (χ2v) is 8.00. The molecule has 0 rings (SSSR count). The van der Waals surface area contributed by atoms with Gasteiger partial charge in [0, 0.05) is 5.50 Å². The van der Waals surface area contributed by atoms with E-state index >= 15 is 0 Å². The molecule has 0 aliphatic carbocycles. The van der Waals surface area contributed by atoms with Crippen LogP contribution in [-0.4, -0.2) is 13.6 Å². The Morgan fingerprint density at radius 3 is 2.12 bits per heavy atom. The molecule has 0 aliphatic rings. The van der Waals surface area contributed by atoms with Gasteiger partial charge in [-0.3, -0.25) is 0 Å². The molecule has 8 heavy (non-hydrogen) atoms. The number of hydrogen-bond acceptors (Lipinski definition) is 0. The molecule has 2 heteroatoms. The van der Waals surface area contributed by atoms with Gasteiger partial charge in [0.05, 0.1) is 8.07 Å². The molecule has 0 aromatic rings. The van der Waals surface area contributed by atoms with Crippen molar-refractivity contribution in [1.82, 2.24) is 0 Å². The van der Waals surface area contributed by atoms with Crippen molar-refractivity contribution in [3.63, 3.8) is 0 Å². The molecule has 0 heterocycles. The summed E-state index contributed by atoms with van der Waals surface area (Å²) < 4.78 is 0. The summed E-state index contributed by atoms with van der Waals surface area (Å²) in [4.78, 5) is 0. The fourth-order valence-corrected chi connectivity index (χ4v) is 1.75. The Morgan fingerprint density at radius 1 is 1.50 bits per heavy atom. The first-order valence-electron chi connectivity index (χ1n) is 2.82. The number of hydrogen-bond donors (Lipinski definition) is 0. The van der Waals surface area contributed by atoms with Crippen molar-refractivity contribution in [1.29, 1.82) is 0 Å². The molecule has 0 amide bonds. The van der Waals surface area contributed by atoms with E-state index in [-0.39, 0.29) is 0 Å². The molecule has 0 bridgehead atoms. The summed E-state index contributed by atoms with van der Waals surface area (Å²) in [7, 11) is -1.09. The van der Waals surface area contributed by atoms with Crippen molar-refractivity contribution in [2.24, 2.45) is 0 Å². The molecule has 0 saturated carbocycles. The van der Waals surface area contributed by atoms with Crippen LogP contribution >= 0.6 is 11.6 Å². The SMILES string of the molecule is C/C=C/[Si](C)(C)CCl. The molecule has 0 fully saturated rings. The highest BCUT2D eigenvalue weighted by atomic mass is 35.5. The van der Waals surface area contributed by atoms with E-state index < -0.39 is 8.07 Å². The normalized spacial score (nSPS) is 13.0. The van der Waals surface area contributed by atoms with Crippen LogP contribution < -0.4 is 0 Å². The molecule has 0 aliphatic heterocycles. The van der Waals surface area contributed by atoms with E-state index in [9.17, 15) is 0 Å². The van der Waals surface area contributed by atoms with Crippen molar-refractivity contribution in [3.05, 3.63) is 11.8 Å². The zero-order valence-corrected chi connectivity index (χ0v) is 7.50. The van der Waals surface area contributed by atoms with Gasteiger partial charge in [-0.15, -0.1) is 11.6 Å². The minimum atomic E-state index is -1.09. The highest BCUT2D eigenvalue weighted by Crippen LogP contribution is 2.04. The van der Waals surface area contributed by atoms with Crippen LogP contribution in [0.15, 0.2) is 11.8 Å². The van der Waals surface area contributed by atoms with Crippen molar-refractivity contribution < 1.29 is 0 Å². The van der Waals surface area contributed by atoms with Gasteiger partial charge in [-0.2, -0.15) is 0 Å². The van der Waals surface area contributed by atoms with Crippen molar-refractivity contribution in [2.45, 2.75) is 20.0 Å². The largest absolute Gasteiger partial charge is 0.130 e. The van der Waals surface area contributed by atoms with Gasteiger partial charge in [-0.1, -0.05) is 24.9 Å². The molecule has 0 saturated heterocycles. The van der Waals surface area contributed by atoms with Crippen LogP contribution in [0.5, 0.6) is 0 Å². The standard InChI is InChI=1S/C6H13ClSi/c1-4-5-8(2,3)6-7/h4-5H,6H2,1-3H3/b5-4+. The zero-order chi connectivity index (χ0) is 6.62. The number of halogens is 1. The van der Waals surface area contributed by atoms with Crippen molar-refractivity contribution in [2.75, 3.05) is 5.50 Å². The highest BCUT2D eigenvalue weighted by Gasteiger charge is 2.12. The molecule has 0 atom stereocenters. The van der Waals surface area contributed by atoms with Gasteiger partial charge in [0.15, 0.2) is 0 Å². The van der Waals surface area contributed by atoms with Crippen LogP contribution in [0.1, 0.15) is 6.92 Å². The van der Waals surface area contributed by atoms with Gasteiger partial charge in [-0.05, 0) is 6.92 Å². The average Bonchev–Trinajstić information content (AvgIpc) is 1.67. The summed E-state index contributed by atoms with van der Waals surface area (Å²) in [5.41, 5.74) is 3.08. The predicted octanol–water partition coefficient (Wildman–Crippen LogP) is 2.59. The quantitative estimate of drug-likeness (QED) is 0.417. The van der Waals surface area contributed by atoms with E-state index in [1.165, 1.54) is 0 Å². The molecule has 0 unspecified atom stereocenters.